The van der Waals surface area contributed by atoms with Gasteiger partial charge in [0.2, 0.25) is 0 Å². The van der Waals surface area contributed by atoms with Crippen molar-refractivity contribution in [2.75, 3.05) is 118 Å². The number of carboxylic acid groups (broad SMARTS) is 6. The van der Waals surface area contributed by atoms with E-state index in [0.717, 1.165) is 86.8 Å². The topological polar surface area (TPSA) is 404 Å². The molecule has 0 aliphatic heterocycles. The molecule has 29 nitrogen and oxygen atoms in total. The Bertz CT molecular complexity index is 2690. The van der Waals surface area contributed by atoms with Crippen LogP contribution >= 0.6 is 0 Å². The molecule has 1 unspecified atom stereocenters. The Morgan fingerprint density at radius 2 is 0.439 bits per heavy atom. The first-order chi connectivity index (χ1) is 63.9. The van der Waals surface area contributed by atoms with Crippen LogP contribution < -0.4 is 0 Å². The van der Waals surface area contributed by atoms with Gasteiger partial charge >= 0.3 is 71.8 Å². The Morgan fingerprint density at radius 3 is 0.712 bits per heavy atom. The molecule has 0 radical (unpaired) electrons. The van der Waals surface area contributed by atoms with Gasteiger partial charge in [-0.3, -0.25) is 72.3 Å². The normalized spacial score (nSPS) is 11.8. The third kappa shape index (κ3) is 85.0. The summed E-state index contributed by atoms with van der Waals surface area (Å²) in [6.45, 7) is -2.21. The molecule has 0 aromatic rings. The first-order valence-corrected chi connectivity index (χ1v) is 52.8. The molecule has 1 atom stereocenters. The average molecular weight is 1880 g/mol. The number of unbranched alkanes of at least 4 members (excludes halogenated alkanes) is 60. The van der Waals surface area contributed by atoms with Gasteiger partial charge in [0.15, 0.2) is 5.41 Å². The zero-order valence-electron chi connectivity index (χ0n) is 83.1. The number of hydrogen-bond acceptors (Lipinski definition) is 23. The van der Waals surface area contributed by atoms with E-state index in [9.17, 15) is 88.2 Å². The van der Waals surface area contributed by atoms with Gasteiger partial charge in [-0.25, -0.2) is 4.79 Å². The maximum Gasteiger partial charge on any atom is 0.508 e. The van der Waals surface area contributed by atoms with Gasteiger partial charge in [-0.2, -0.15) is 0 Å². The quantitative estimate of drug-likeness (QED) is 0.0187. The molecule has 29 heteroatoms. The molecule has 0 fully saturated rings. The van der Waals surface area contributed by atoms with Crippen molar-refractivity contribution in [1.82, 2.24) is 19.6 Å². The van der Waals surface area contributed by atoms with Crippen LogP contribution in [-0.4, -0.2) is 246 Å². The Balaban J connectivity index is 6.06. The van der Waals surface area contributed by atoms with Crippen molar-refractivity contribution < 1.29 is 121 Å². The van der Waals surface area contributed by atoms with Crippen LogP contribution in [0.3, 0.4) is 0 Å². The van der Waals surface area contributed by atoms with Crippen LogP contribution in [0.4, 0.5) is 4.79 Å². The highest BCUT2D eigenvalue weighted by molar-refractivity contribution is 5.80. The average Bonchev–Trinajstić information content (AvgIpc) is 0.822. The Kier molecular flexibility index (Phi) is 87.3. The second kappa shape index (κ2) is 92.0. The second-order valence-corrected chi connectivity index (χ2v) is 37.2. The summed E-state index contributed by atoms with van der Waals surface area (Å²) in [7, 11) is 0. The maximum atomic E-state index is 14.6. The second-order valence-electron chi connectivity index (χ2n) is 37.2. The van der Waals surface area contributed by atoms with Gasteiger partial charge in [0.1, 0.15) is 39.6 Å². The lowest BCUT2D eigenvalue weighted by atomic mass is 9.91. The van der Waals surface area contributed by atoms with Crippen LogP contribution in [0.5, 0.6) is 0 Å². The molecule has 0 heterocycles. The SMILES string of the molecule is CCCCCCCCCCCCCCCCCCCCCCC(=O)OCC(COC(=O)CCCCCCCCCCCCCCCCCCCCCC)(COC(=O)CCCCCCCCCCCCCCCCCCCCCC)C(=O)OCCOC(=O)OCCCCCCC(=O)OCC(CN(CCN(CCN(CC(=O)O)CC(=O)O)CC(=O)O)CC(=O)O)N(CC(=O)O)CC(=O)O. The zero-order valence-corrected chi connectivity index (χ0v) is 83.1. The van der Waals surface area contributed by atoms with E-state index >= 15 is 0 Å². The summed E-state index contributed by atoms with van der Waals surface area (Å²) in [6.07, 6.45) is 73.5. The van der Waals surface area contributed by atoms with Gasteiger partial charge in [-0.1, -0.05) is 400 Å². The van der Waals surface area contributed by atoms with Gasteiger partial charge in [0, 0.05) is 58.4 Å². The molecule has 0 aliphatic rings. The Morgan fingerprint density at radius 1 is 0.227 bits per heavy atom. The lowest BCUT2D eigenvalue weighted by molar-refractivity contribution is -0.180. The molecule has 0 bridgehead atoms. The number of ether oxygens (including phenoxy) is 7. The summed E-state index contributed by atoms with van der Waals surface area (Å²) in [5, 5.41) is 57.5. The van der Waals surface area contributed by atoms with Crippen molar-refractivity contribution >= 4 is 71.8 Å². The van der Waals surface area contributed by atoms with Crippen LogP contribution in [0.1, 0.15) is 457 Å². The van der Waals surface area contributed by atoms with Crippen molar-refractivity contribution in [3.8, 4) is 0 Å². The maximum absolute atomic E-state index is 14.6. The van der Waals surface area contributed by atoms with Crippen LogP contribution in [0, 0.1) is 5.41 Å². The highest BCUT2D eigenvalue weighted by Gasteiger charge is 2.45. The summed E-state index contributed by atoms with van der Waals surface area (Å²) in [5.41, 5.74) is -1.98. The third-order valence-electron chi connectivity index (χ3n) is 24.7. The highest BCUT2D eigenvalue weighted by Crippen LogP contribution is 2.27. The van der Waals surface area contributed by atoms with Crippen LogP contribution in [0.25, 0.3) is 0 Å². The molecule has 132 heavy (non-hydrogen) atoms. The molecule has 0 rings (SSSR count). The summed E-state index contributed by atoms with van der Waals surface area (Å²) >= 11 is 0. The Labute approximate surface area is 796 Å². The van der Waals surface area contributed by atoms with Gasteiger partial charge in [-0.05, 0) is 32.1 Å². The first-order valence-electron chi connectivity index (χ1n) is 52.8. The summed E-state index contributed by atoms with van der Waals surface area (Å²) in [4.78, 5) is 157. The van der Waals surface area contributed by atoms with Gasteiger partial charge in [-0.15, -0.1) is 0 Å². The minimum Gasteiger partial charge on any atom is -0.480 e. The molecule has 0 amide bonds. The summed E-state index contributed by atoms with van der Waals surface area (Å²) in [6, 6.07) is -1.22. The van der Waals surface area contributed by atoms with Crippen LogP contribution in [-0.2, 0) is 85.9 Å². The van der Waals surface area contributed by atoms with Crippen LogP contribution in [0.15, 0.2) is 0 Å². The number of carboxylic acids is 6. The number of hydrogen-bond donors (Lipinski definition) is 6. The zero-order chi connectivity index (χ0) is 97.1. The fourth-order valence-electron chi connectivity index (χ4n) is 16.6. The van der Waals surface area contributed by atoms with Crippen LogP contribution in [0.2, 0.25) is 0 Å². The highest BCUT2D eigenvalue weighted by atomic mass is 16.7. The molecule has 0 aromatic heterocycles. The number of nitrogens with zero attached hydrogens (tertiary/aromatic N) is 4. The Hall–Kier alpha value is -6.72. The van der Waals surface area contributed by atoms with Crippen molar-refractivity contribution in [2.24, 2.45) is 5.41 Å². The van der Waals surface area contributed by atoms with E-state index in [0.29, 0.717) is 38.5 Å². The smallest absolute Gasteiger partial charge is 0.480 e. The minimum absolute atomic E-state index is 0.0831. The van der Waals surface area contributed by atoms with Crippen molar-refractivity contribution in [3.05, 3.63) is 0 Å². The fraction of sp³-hybridized carbons (Fsp3) is 0.883. The number of carbonyl (C=O) groups is 12. The lowest BCUT2D eigenvalue weighted by Gasteiger charge is -2.34. The molecule has 0 spiro atoms. The monoisotopic (exact) mass is 1880 g/mol. The standard InChI is InChI=1S/C103H188N4O25/c1-4-7-10-13-16-19-22-25-28-31-34-37-40-43-46-49-52-55-58-63-69-98(121)130-87-103(88-131-99(122)70-64-59-56-53-50-47-44-41-38-35-32-29-26-23-20-17-14-11-8-5-2,89-132-100(123)71-65-60-57-54-51-48-45-42-39-36-33-30-27-24-21-18-15-12-9-6-3)101(124)126-77-78-128-102(125)127-76-67-62-61-66-68-97(120)129-86-90(107(84-95(116)117)85-96(118)119)79-105(81-92(110)111)74-72-104(80-91(108)109)73-75-106(82-93(112)113)83-94(114)115/h90H,4-89H2,1-3H3,(H,108,109)(H,110,111)(H,112,113)(H,114,115)(H,116,117)(H,118,119). The largest absolute Gasteiger partial charge is 0.508 e. The molecular weight excluding hydrogens is 1690 g/mol. The van der Waals surface area contributed by atoms with Gasteiger partial charge in [0.25, 0.3) is 0 Å². The number of aliphatic carboxylic acids is 6. The number of rotatable bonds is 103. The van der Waals surface area contributed by atoms with E-state index < -0.39 is 162 Å². The van der Waals surface area contributed by atoms with Crippen molar-refractivity contribution in [1.29, 1.82) is 0 Å². The molecule has 0 saturated carbocycles. The van der Waals surface area contributed by atoms with Gasteiger partial charge in [0.05, 0.1) is 51.9 Å². The van der Waals surface area contributed by atoms with E-state index in [1.54, 1.807) is 0 Å². The van der Waals surface area contributed by atoms with Gasteiger partial charge < -0.3 is 63.8 Å². The van der Waals surface area contributed by atoms with E-state index in [4.69, 9.17) is 33.2 Å². The lowest BCUT2D eigenvalue weighted by Crippen LogP contribution is -2.52. The van der Waals surface area contributed by atoms with E-state index in [1.807, 2.05) is 0 Å². The predicted octanol–water partition coefficient (Wildman–Crippen LogP) is 22.5. The third-order valence-corrected chi connectivity index (χ3v) is 24.7. The molecule has 0 saturated heterocycles. The predicted molar refractivity (Wildman–Crippen MR) is 516 cm³/mol. The molecule has 0 aromatic carbocycles. The fourth-order valence-corrected chi connectivity index (χ4v) is 16.6. The summed E-state index contributed by atoms with van der Waals surface area (Å²) < 4.78 is 39.3. The minimum atomic E-state index is -1.98. The molecule has 6 N–H and O–H groups in total. The summed E-state index contributed by atoms with van der Waals surface area (Å²) in [5.74, 6) is -11.7. The molecule has 770 valence electrons. The van der Waals surface area contributed by atoms with Crippen molar-refractivity contribution in [2.45, 2.75) is 463 Å². The number of carbonyl (C=O) groups excluding carboxylic acids is 6. The van der Waals surface area contributed by atoms with E-state index in [-0.39, 0.29) is 71.4 Å². The van der Waals surface area contributed by atoms with E-state index in [1.165, 1.54) is 299 Å². The number of esters is 5. The molecule has 0 aliphatic carbocycles. The molecular formula is C103H188N4O25. The van der Waals surface area contributed by atoms with Crippen molar-refractivity contribution in [3.63, 3.8) is 0 Å². The van der Waals surface area contributed by atoms with E-state index in [2.05, 4.69) is 20.8 Å². The first kappa shape index (κ1) is 125.